The van der Waals surface area contributed by atoms with Crippen LogP contribution in [0, 0.1) is 0 Å². The number of carbonyl (C=O) groups is 1. The van der Waals surface area contributed by atoms with E-state index in [1.54, 1.807) is 4.90 Å². The molecule has 3 rings (SSSR count). The zero-order valence-corrected chi connectivity index (χ0v) is 12.7. The Morgan fingerprint density at radius 1 is 1.36 bits per heavy atom. The highest BCUT2D eigenvalue weighted by atomic mass is 16.7. The number of hydrogen-bond donors (Lipinski definition) is 0. The molecule has 1 aromatic carbocycles. The van der Waals surface area contributed by atoms with Crippen LogP contribution in [-0.2, 0) is 14.2 Å². The van der Waals surface area contributed by atoms with Gasteiger partial charge in [-0.3, -0.25) is 4.90 Å². The standard InChI is InChI=1S/C17H21NO4/c1-2-20-15-9-8-14(12-18-10-11-21-17(18)19)16(22-15)13-6-4-3-5-7-13/h3-7,12,15-16H,2,8-11H2,1H3/b14-12-/t15-,16-/m0/s1. The van der Waals surface area contributed by atoms with E-state index in [2.05, 4.69) is 0 Å². The van der Waals surface area contributed by atoms with Crippen molar-refractivity contribution in [3.63, 3.8) is 0 Å². The van der Waals surface area contributed by atoms with E-state index in [1.165, 1.54) is 0 Å². The average molecular weight is 303 g/mol. The second kappa shape index (κ2) is 6.94. The molecule has 1 amide bonds. The molecule has 2 aliphatic rings. The van der Waals surface area contributed by atoms with Crippen LogP contribution in [0.1, 0.15) is 31.4 Å². The minimum absolute atomic E-state index is 0.181. The smallest absolute Gasteiger partial charge is 0.413 e. The highest BCUT2D eigenvalue weighted by Crippen LogP contribution is 2.36. The highest BCUT2D eigenvalue weighted by Gasteiger charge is 2.30. The van der Waals surface area contributed by atoms with Gasteiger partial charge in [-0.25, -0.2) is 4.79 Å². The van der Waals surface area contributed by atoms with E-state index in [4.69, 9.17) is 14.2 Å². The molecule has 22 heavy (non-hydrogen) atoms. The maximum absolute atomic E-state index is 11.7. The molecule has 0 N–H and O–H groups in total. The van der Waals surface area contributed by atoms with Gasteiger partial charge in [-0.2, -0.15) is 0 Å². The Bertz CT molecular complexity index is 543. The molecule has 2 atom stereocenters. The van der Waals surface area contributed by atoms with Gasteiger partial charge in [-0.15, -0.1) is 0 Å². The van der Waals surface area contributed by atoms with Crippen LogP contribution in [0.2, 0.25) is 0 Å². The molecule has 1 aromatic rings. The summed E-state index contributed by atoms with van der Waals surface area (Å²) < 4.78 is 16.7. The predicted octanol–water partition coefficient (Wildman–Crippen LogP) is 3.24. The molecule has 5 nitrogen and oxygen atoms in total. The maximum atomic E-state index is 11.7. The van der Waals surface area contributed by atoms with Crippen molar-refractivity contribution in [2.45, 2.75) is 32.2 Å². The van der Waals surface area contributed by atoms with Gasteiger partial charge in [-0.05, 0) is 24.5 Å². The van der Waals surface area contributed by atoms with Gasteiger partial charge >= 0.3 is 6.09 Å². The van der Waals surface area contributed by atoms with Crippen molar-refractivity contribution in [1.82, 2.24) is 4.90 Å². The summed E-state index contributed by atoms with van der Waals surface area (Å²) in [5, 5.41) is 0. The summed E-state index contributed by atoms with van der Waals surface area (Å²) in [6.07, 6.45) is 2.86. The van der Waals surface area contributed by atoms with Crippen LogP contribution in [0.4, 0.5) is 4.79 Å². The van der Waals surface area contributed by atoms with Gasteiger partial charge in [0.05, 0.1) is 6.54 Å². The molecule has 0 saturated carbocycles. The van der Waals surface area contributed by atoms with Gasteiger partial charge in [0.2, 0.25) is 0 Å². The van der Waals surface area contributed by atoms with Crippen molar-refractivity contribution in [2.75, 3.05) is 19.8 Å². The maximum Gasteiger partial charge on any atom is 0.413 e. The van der Waals surface area contributed by atoms with E-state index in [-0.39, 0.29) is 18.5 Å². The van der Waals surface area contributed by atoms with Crippen molar-refractivity contribution in [3.05, 3.63) is 47.7 Å². The van der Waals surface area contributed by atoms with Gasteiger partial charge in [0, 0.05) is 19.2 Å². The van der Waals surface area contributed by atoms with Crippen molar-refractivity contribution in [2.24, 2.45) is 0 Å². The molecule has 0 radical (unpaired) electrons. The number of cyclic esters (lactones) is 1. The summed E-state index contributed by atoms with van der Waals surface area (Å²) in [5.41, 5.74) is 2.16. The molecule has 2 aliphatic heterocycles. The Labute approximate surface area is 130 Å². The first-order chi connectivity index (χ1) is 10.8. The number of rotatable bonds is 4. The predicted molar refractivity (Wildman–Crippen MR) is 81.1 cm³/mol. The van der Waals surface area contributed by atoms with E-state index in [9.17, 15) is 4.79 Å². The molecular formula is C17H21NO4. The molecule has 0 bridgehead atoms. The third-order valence-electron chi connectivity index (χ3n) is 3.86. The summed E-state index contributed by atoms with van der Waals surface area (Å²) in [5.74, 6) is 0. The number of carbonyl (C=O) groups excluding carboxylic acids is 1. The number of amides is 1. The molecule has 0 unspecified atom stereocenters. The lowest BCUT2D eigenvalue weighted by atomic mass is 9.95. The first kappa shape index (κ1) is 15.1. The summed E-state index contributed by atoms with van der Waals surface area (Å²) in [6, 6.07) is 10.0. The average Bonchev–Trinajstić information content (AvgIpc) is 2.95. The van der Waals surface area contributed by atoms with E-state index >= 15 is 0 Å². The number of hydrogen-bond acceptors (Lipinski definition) is 4. The fourth-order valence-corrected chi connectivity index (χ4v) is 2.81. The lowest BCUT2D eigenvalue weighted by molar-refractivity contribution is -0.177. The summed E-state index contributed by atoms with van der Waals surface area (Å²) in [6.45, 7) is 3.63. The molecule has 2 heterocycles. The van der Waals surface area contributed by atoms with Crippen LogP contribution in [0.5, 0.6) is 0 Å². The van der Waals surface area contributed by atoms with Crippen molar-refractivity contribution >= 4 is 6.09 Å². The first-order valence-electron chi connectivity index (χ1n) is 7.74. The Kier molecular flexibility index (Phi) is 4.75. The number of ether oxygens (including phenoxy) is 3. The largest absolute Gasteiger partial charge is 0.447 e. The number of nitrogens with zero attached hydrogens (tertiary/aromatic N) is 1. The lowest BCUT2D eigenvalue weighted by Crippen LogP contribution is -2.28. The molecule has 2 fully saturated rings. The Hall–Kier alpha value is -1.85. The second-order valence-electron chi connectivity index (χ2n) is 5.36. The van der Waals surface area contributed by atoms with Crippen LogP contribution < -0.4 is 0 Å². The molecule has 0 spiro atoms. The van der Waals surface area contributed by atoms with E-state index in [0.717, 1.165) is 24.0 Å². The summed E-state index contributed by atoms with van der Waals surface area (Å²) >= 11 is 0. The van der Waals surface area contributed by atoms with Crippen LogP contribution in [0.25, 0.3) is 0 Å². The second-order valence-corrected chi connectivity index (χ2v) is 5.36. The van der Waals surface area contributed by atoms with Crippen LogP contribution in [-0.4, -0.2) is 37.0 Å². The third kappa shape index (κ3) is 3.31. The minimum Gasteiger partial charge on any atom is -0.447 e. The monoisotopic (exact) mass is 303 g/mol. The van der Waals surface area contributed by atoms with E-state index in [0.29, 0.717) is 19.8 Å². The van der Waals surface area contributed by atoms with E-state index in [1.807, 2.05) is 43.5 Å². The van der Waals surface area contributed by atoms with Crippen molar-refractivity contribution in [3.8, 4) is 0 Å². The first-order valence-corrected chi connectivity index (χ1v) is 7.74. The normalized spacial score (nSPS) is 27.2. The molecular weight excluding hydrogens is 282 g/mol. The zero-order valence-electron chi connectivity index (χ0n) is 12.7. The topological polar surface area (TPSA) is 48.0 Å². The van der Waals surface area contributed by atoms with Gasteiger partial charge in [0.1, 0.15) is 12.7 Å². The highest BCUT2D eigenvalue weighted by molar-refractivity contribution is 5.70. The molecule has 2 saturated heterocycles. The zero-order chi connectivity index (χ0) is 15.4. The Morgan fingerprint density at radius 2 is 2.18 bits per heavy atom. The Balaban J connectivity index is 1.83. The van der Waals surface area contributed by atoms with Crippen LogP contribution in [0.15, 0.2) is 42.1 Å². The van der Waals surface area contributed by atoms with Gasteiger partial charge in [0.25, 0.3) is 0 Å². The van der Waals surface area contributed by atoms with Crippen molar-refractivity contribution in [1.29, 1.82) is 0 Å². The molecule has 118 valence electrons. The lowest BCUT2D eigenvalue weighted by Gasteiger charge is -2.33. The quantitative estimate of drug-likeness (QED) is 0.857. The molecule has 5 heteroatoms. The van der Waals surface area contributed by atoms with Gasteiger partial charge in [0.15, 0.2) is 6.29 Å². The van der Waals surface area contributed by atoms with Gasteiger partial charge < -0.3 is 14.2 Å². The van der Waals surface area contributed by atoms with Crippen LogP contribution in [0.3, 0.4) is 0 Å². The van der Waals surface area contributed by atoms with Gasteiger partial charge in [-0.1, -0.05) is 30.3 Å². The fraction of sp³-hybridized carbons (Fsp3) is 0.471. The van der Waals surface area contributed by atoms with Crippen molar-refractivity contribution < 1.29 is 19.0 Å². The minimum atomic E-state index is -0.286. The SMILES string of the molecule is CCO[C@@H]1CC/C(=C/N2CCOC2=O)[C@H](c2ccccc2)O1. The summed E-state index contributed by atoms with van der Waals surface area (Å²) in [4.78, 5) is 13.3. The summed E-state index contributed by atoms with van der Waals surface area (Å²) in [7, 11) is 0. The molecule has 0 aliphatic carbocycles. The number of benzene rings is 1. The van der Waals surface area contributed by atoms with E-state index < -0.39 is 0 Å². The molecule has 0 aromatic heterocycles. The Morgan fingerprint density at radius 3 is 2.86 bits per heavy atom. The fourth-order valence-electron chi connectivity index (χ4n) is 2.81. The third-order valence-corrected chi connectivity index (χ3v) is 3.86. The van der Waals surface area contributed by atoms with Crippen LogP contribution >= 0.6 is 0 Å².